The fourth-order valence-corrected chi connectivity index (χ4v) is 0. The number of hydrogen-bond donors (Lipinski definition) is 0. The summed E-state index contributed by atoms with van der Waals surface area (Å²) in [6.45, 7) is 6.69. The third-order valence-corrected chi connectivity index (χ3v) is 0. The molecular formula is C3H11BMgO3P. The summed E-state index contributed by atoms with van der Waals surface area (Å²) in [4.78, 5) is 0. The predicted molar refractivity (Wildman–Crippen MR) is 39.8 cm³/mol. The summed E-state index contributed by atoms with van der Waals surface area (Å²) in [5.74, 6) is 0. The van der Waals surface area contributed by atoms with E-state index in [1.807, 2.05) is 0 Å². The average Bonchev–Trinajstić information content (AvgIpc) is 1.33. The Morgan fingerprint density at radius 1 is 1.11 bits per heavy atom. The van der Waals surface area contributed by atoms with E-state index in [4.69, 9.17) is 10.0 Å². The quantitative estimate of drug-likeness (QED) is 0.288. The van der Waals surface area contributed by atoms with Gasteiger partial charge < -0.3 is 15.5 Å². The number of rotatable bonds is 0. The SMILES string of the molecule is CP(C)C.O.[Mg+2].[O-][B][O-]. The van der Waals surface area contributed by atoms with Gasteiger partial charge in [0.2, 0.25) is 0 Å². The molecule has 51 valence electrons. The third kappa shape index (κ3) is 358. The molecular weight excluding hydrogens is 150 g/mol. The molecule has 0 unspecified atom stereocenters. The van der Waals surface area contributed by atoms with E-state index in [1.54, 1.807) is 0 Å². The van der Waals surface area contributed by atoms with Gasteiger partial charge in [-0.15, -0.1) is 7.92 Å². The summed E-state index contributed by atoms with van der Waals surface area (Å²) < 4.78 is 0. The zero-order chi connectivity index (χ0) is 6.28. The molecule has 0 aliphatic rings. The Hall–Kier alpha value is 1.14. The van der Waals surface area contributed by atoms with Crippen LogP contribution < -0.4 is 10.0 Å². The summed E-state index contributed by atoms with van der Waals surface area (Å²) >= 11 is 0. The van der Waals surface area contributed by atoms with Crippen LogP contribution in [0, 0.1) is 0 Å². The molecule has 1 radical (unpaired) electrons. The van der Waals surface area contributed by atoms with Crippen molar-refractivity contribution >= 4 is 38.7 Å². The van der Waals surface area contributed by atoms with Crippen molar-refractivity contribution in [1.82, 2.24) is 0 Å². The molecule has 6 heteroatoms. The van der Waals surface area contributed by atoms with Gasteiger partial charge in [0.25, 0.3) is 0 Å². The van der Waals surface area contributed by atoms with Gasteiger partial charge in [0.15, 0.2) is 0 Å². The Labute approximate surface area is 74.4 Å². The fraction of sp³-hybridized carbons (Fsp3) is 1.00. The molecule has 0 aromatic carbocycles. The number of hydrogen-bond acceptors (Lipinski definition) is 2. The molecule has 0 bridgehead atoms. The van der Waals surface area contributed by atoms with Crippen LogP contribution in [0.15, 0.2) is 0 Å². The molecule has 0 spiro atoms. The van der Waals surface area contributed by atoms with Crippen molar-refractivity contribution < 1.29 is 15.5 Å². The van der Waals surface area contributed by atoms with Crippen LogP contribution in [0.2, 0.25) is 0 Å². The van der Waals surface area contributed by atoms with Gasteiger partial charge in [0.1, 0.15) is 0 Å². The Bertz CT molecular complexity index is 30.3. The molecule has 2 N–H and O–H groups in total. The third-order valence-electron chi connectivity index (χ3n) is 0. The van der Waals surface area contributed by atoms with Crippen molar-refractivity contribution in [1.29, 1.82) is 0 Å². The Morgan fingerprint density at radius 2 is 1.11 bits per heavy atom. The van der Waals surface area contributed by atoms with Crippen LogP contribution in [-0.2, 0) is 0 Å². The van der Waals surface area contributed by atoms with Crippen molar-refractivity contribution in [2.24, 2.45) is 0 Å². The molecule has 9 heavy (non-hydrogen) atoms. The molecule has 0 aliphatic carbocycles. The molecule has 0 aliphatic heterocycles. The van der Waals surface area contributed by atoms with E-state index in [9.17, 15) is 0 Å². The second kappa shape index (κ2) is 22.9. The second-order valence-corrected chi connectivity index (χ2v) is 4.12. The first-order valence-corrected chi connectivity index (χ1v) is 4.50. The van der Waals surface area contributed by atoms with E-state index < -0.39 is 7.69 Å². The van der Waals surface area contributed by atoms with Gasteiger partial charge in [-0.3, -0.25) is 0 Å². The Morgan fingerprint density at radius 3 is 1.11 bits per heavy atom. The topological polar surface area (TPSA) is 77.6 Å². The first kappa shape index (κ1) is 22.5. The summed E-state index contributed by atoms with van der Waals surface area (Å²) in [6, 6.07) is 0. The first-order valence-electron chi connectivity index (χ1n) is 1.81. The zero-order valence-corrected chi connectivity index (χ0v) is 8.36. The van der Waals surface area contributed by atoms with Crippen molar-refractivity contribution in [3.8, 4) is 0 Å². The Kier molecular flexibility index (Phi) is 57.2. The molecule has 0 aromatic heterocycles. The maximum absolute atomic E-state index is 8.25. The van der Waals surface area contributed by atoms with E-state index >= 15 is 0 Å². The normalized spacial score (nSPS) is 5.56. The van der Waals surface area contributed by atoms with Crippen molar-refractivity contribution in [2.75, 3.05) is 20.0 Å². The summed E-state index contributed by atoms with van der Waals surface area (Å²) in [5.41, 5.74) is 0. The van der Waals surface area contributed by atoms with E-state index in [-0.39, 0.29) is 28.5 Å². The monoisotopic (exact) mass is 161 g/mol. The van der Waals surface area contributed by atoms with Crippen LogP contribution in [-0.4, -0.2) is 56.2 Å². The van der Waals surface area contributed by atoms with Gasteiger partial charge in [0, 0.05) is 0 Å². The second-order valence-electron chi connectivity index (χ2n) is 1.44. The molecule has 0 amide bonds. The van der Waals surface area contributed by atoms with Gasteiger partial charge in [-0.1, -0.05) is 0 Å². The standard InChI is InChI=1S/C3H9P.BO2.Mg.H2O/c1-4(2)3;2-1-3;;/h1-3H3;;;1H2/q;-2;+2;. The molecule has 0 saturated heterocycles. The largest absolute Gasteiger partial charge is 2.00 e. The first-order chi connectivity index (χ1) is 3.15. The zero-order valence-electron chi connectivity index (χ0n) is 6.05. The molecule has 0 atom stereocenters. The summed E-state index contributed by atoms with van der Waals surface area (Å²) in [7, 11) is -0.120. The van der Waals surface area contributed by atoms with Crippen LogP contribution in [0.5, 0.6) is 0 Å². The molecule has 0 saturated carbocycles. The van der Waals surface area contributed by atoms with E-state index in [2.05, 4.69) is 20.0 Å². The summed E-state index contributed by atoms with van der Waals surface area (Å²) in [6.07, 6.45) is 0. The minimum Gasteiger partial charge on any atom is -0.900 e. The Balaban J connectivity index is -0.0000000233. The maximum Gasteiger partial charge on any atom is 2.00 e. The van der Waals surface area contributed by atoms with Crippen LogP contribution in [0.25, 0.3) is 0 Å². The molecule has 0 heterocycles. The van der Waals surface area contributed by atoms with Crippen LogP contribution in [0.1, 0.15) is 0 Å². The molecule has 0 aromatic rings. The van der Waals surface area contributed by atoms with Crippen LogP contribution in [0.4, 0.5) is 0 Å². The van der Waals surface area contributed by atoms with Gasteiger partial charge in [-0.05, 0) is 20.0 Å². The van der Waals surface area contributed by atoms with Crippen LogP contribution >= 0.6 is 7.92 Å². The van der Waals surface area contributed by atoms with Crippen molar-refractivity contribution in [3.05, 3.63) is 0 Å². The average molecular weight is 161 g/mol. The molecule has 0 rings (SSSR count). The van der Waals surface area contributed by atoms with E-state index in [0.29, 0.717) is 7.92 Å². The minimum atomic E-state index is -0.500. The van der Waals surface area contributed by atoms with Crippen molar-refractivity contribution in [3.63, 3.8) is 0 Å². The fourth-order valence-electron chi connectivity index (χ4n) is 0. The van der Waals surface area contributed by atoms with E-state index in [0.717, 1.165) is 0 Å². The molecule has 0 fully saturated rings. The predicted octanol–water partition coefficient (Wildman–Crippen LogP) is -2.61. The van der Waals surface area contributed by atoms with E-state index in [1.165, 1.54) is 0 Å². The van der Waals surface area contributed by atoms with Gasteiger partial charge in [-0.25, -0.2) is 7.69 Å². The summed E-state index contributed by atoms with van der Waals surface area (Å²) in [5, 5.41) is 16.5. The van der Waals surface area contributed by atoms with Gasteiger partial charge in [-0.2, -0.15) is 0 Å². The maximum atomic E-state index is 8.25. The van der Waals surface area contributed by atoms with Gasteiger partial charge in [0.05, 0.1) is 0 Å². The molecule has 3 nitrogen and oxygen atoms in total. The smallest absolute Gasteiger partial charge is 0.900 e. The van der Waals surface area contributed by atoms with Gasteiger partial charge >= 0.3 is 23.1 Å². The van der Waals surface area contributed by atoms with Crippen molar-refractivity contribution in [2.45, 2.75) is 0 Å². The van der Waals surface area contributed by atoms with Crippen LogP contribution in [0.3, 0.4) is 0 Å². The minimum absolute atomic E-state index is 0.